The van der Waals surface area contributed by atoms with Crippen LogP contribution in [0.3, 0.4) is 0 Å². The monoisotopic (exact) mass is 332 g/mol. The predicted molar refractivity (Wildman–Crippen MR) is 94.7 cm³/mol. The average molecular weight is 332 g/mol. The number of nitrogens with zero attached hydrogens (tertiary/aromatic N) is 2. The van der Waals surface area contributed by atoms with E-state index in [-0.39, 0.29) is 23.1 Å². The molecule has 1 aliphatic rings. The number of ketones is 1. The molecule has 3 N–H and O–H groups in total. The van der Waals surface area contributed by atoms with Gasteiger partial charge in [0.25, 0.3) is 0 Å². The second kappa shape index (κ2) is 7.75. The highest BCUT2D eigenvalue weighted by molar-refractivity contribution is 5.84. The topological polar surface area (TPSA) is 88.3 Å². The smallest absolute Gasteiger partial charge is 0.240 e. The molecule has 1 fully saturated rings. The van der Waals surface area contributed by atoms with Crippen molar-refractivity contribution in [2.24, 2.45) is 11.1 Å². The summed E-state index contributed by atoms with van der Waals surface area (Å²) in [5.74, 6) is 0.613. The summed E-state index contributed by atoms with van der Waals surface area (Å²) in [7, 11) is 0. The third-order valence-corrected chi connectivity index (χ3v) is 4.19. The predicted octanol–water partition coefficient (Wildman–Crippen LogP) is 1.50. The number of nitrogens with one attached hydrogen (secondary N) is 1. The molecule has 1 aromatic heterocycles. The van der Waals surface area contributed by atoms with Crippen molar-refractivity contribution >= 4 is 17.5 Å². The lowest BCUT2D eigenvalue weighted by Gasteiger charge is -2.38. The summed E-state index contributed by atoms with van der Waals surface area (Å²) in [5.41, 5.74) is 5.59. The van der Waals surface area contributed by atoms with Gasteiger partial charge in [-0.1, -0.05) is 26.8 Å². The minimum absolute atomic E-state index is 0.00311. The molecule has 1 aliphatic heterocycles. The van der Waals surface area contributed by atoms with Gasteiger partial charge in [0, 0.05) is 25.2 Å². The average Bonchev–Trinajstić information content (AvgIpc) is 2.52. The summed E-state index contributed by atoms with van der Waals surface area (Å²) in [5, 5.41) is 3.30. The Bertz CT molecular complexity index is 568. The number of pyridine rings is 1. The van der Waals surface area contributed by atoms with Gasteiger partial charge in [0.05, 0.1) is 6.54 Å². The van der Waals surface area contributed by atoms with Gasteiger partial charge in [0.15, 0.2) is 0 Å². The van der Waals surface area contributed by atoms with E-state index in [9.17, 15) is 9.59 Å². The SMILES string of the molecule is CC(C)(C)CC(=O)CNC1CCN(c2ccccn2)C(C(N)=O)C1. The molecule has 24 heavy (non-hydrogen) atoms. The van der Waals surface area contributed by atoms with E-state index in [1.807, 2.05) is 23.1 Å². The van der Waals surface area contributed by atoms with Gasteiger partial charge in [0.2, 0.25) is 5.91 Å². The molecule has 0 saturated carbocycles. The molecule has 0 radical (unpaired) electrons. The van der Waals surface area contributed by atoms with Gasteiger partial charge >= 0.3 is 0 Å². The van der Waals surface area contributed by atoms with Crippen LogP contribution in [0.1, 0.15) is 40.0 Å². The van der Waals surface area contributed by atoms with Gasteiger partial charge < -0.3 is 16.0 Å². The zero-order valence-corrected chi connectivity index (χ0v) is 14.8. The van der Waals surface area contributed by atoms with E-state index >= 15 is 0 Å². The first-order valence-electron chi connectivity index (χ1n) is 8.48. The van der Waals surface area contributed by atoms with Crippen molar-refractivity contribution in [3.63, 3.8) is 0 Å². The quantitative estimate of drug-likeness (QED) is 0.824. The number of carbonyl (C=O) groups is 2. The van der Waals surface area contributed by atoms with Crippen LogP contribution in [0.15, 0.2) is 24.4 Å². The van der Waals surface area contributed by atoms with Crippen molar-refractivity contribution < 1.29 is 9.59 Å². The van der Waals surface area contributed by atoms with Crippen LogP contribution in [0.5, 0.6) is 0 Å². The highest BCUT2D eigenvalue weighted by atomic mass is 16.1. The summed E-state index contributed by atoms with van der Waals surface area (Å²) in [4.78, 5) is 30.2. The molecule has 0 aliphatic carbocycles. The zero-order chi connectivity index (χ0) is 17.7. The first kappa shape index (κ1) is 18.4. The lowest BCUT2D eigenvalue weighted by Crippen LogP contribution is -2.55. The van der Waals surface area contributed by atoms with Crippen LogP contribution in [0.4, 0.5) is 5.82 Å². The first-order valence-corrected chi connectivity index (χ1v) is 8.48. The Balaban J connectivity index is 1.93. The number of hydrogen-bond acceptors (Lipinski definition) is 5. The third-order valence-electron chi connectivity index (χ3n) is 4.19. The molecule has 2 unspecified atom stereocenters. The molecule has 0 spiro atoms. The summed E-state index contributed by atoms with van der Waals surface area (Å²) in [6, 6.07) is 5.35. The van der Waals surface area contributed by atoms with Crippen LogP contribution in [-0.2, 0) is 9.59 Å². The molecular weight excluding hydrogens is 304 g/mol. The van der Waals surface area contributed by atoms with Crippen molar-refractivity contribution in [1.82, 2.24) is 10.3 Å². The highest BCUT2D eigenvalue weighted by Crippen LogP contribution is 2.23. The van der Waals surface area contributed by atoms with Crippen LogP contribution in [0.2, 0.25) is 0 Å². The molecule has 6 heteroatoms. The Morgan fingerprint density at radius 2 is 2.12 bits per heavy atom. The van der Waals surface area contributed by atoms with Crippen LogP contribution < -0.4 is 16.0 Å². The maximum absolute atomic E-state index is 12.0. The number of rotatable bonds is 6. The first-order chi connectivity index (χ1) is 11.3. The van der Waals surface area contributed by atoms with Gasteiger partial charge in [-0.15, -0.1) is 0 Å². The number of piperidine rings is 1. The number of amides is 1. The van der Waals surface area contributed by atoms with Gasteiger partial charge in [-0.05, 0) is 30.4 Å². The molecular formula is C18H28N4O2. The van der Waals surface area contributed by atoms with Crippen molar-refractivity contribution in [1.29, 1.82) is 0 Å². The maximum atomic E-state index is 12.0. The van der Waals surface area contributed by atoms with Gasteiger partial charge in [-0.2, -0.15) is 0 Å². The van der Waals surface area contributed by atoms with E-state index < -0.39 is 6.04 Å². The number of carbonyl (C=O) groups excluding carboxylic acids is 2. The maximum Gasteiger partial charge on any atom is 0.240 e. The van der Waals surface area contributed by atoms with E-state index in [0.29, 0.717) is 25.9 Å². The van der Waals surface area contributed by atoms with E-state index in [2.05, 4.69) is 31.1 Å². The molecule has 0 bridgehead atoms. The molecule has 1 amide bonds. The van der Waals surface area contributed by atoms with Crippen molar-refractivity contribution in [3.8, 4) is 0 Å². The zero-order valence-electron chi connectivity index (χ0n) is 14.8. The van der Waals surface area contributed by atoms with E-state index in [1.165, 1.54) is 0 Å². The standard InChI is InChI=1S/C18H28N4O2/c1-18(2,3)11-14(23)12-21-13-7-9-22(15(10-13)17(19)24)16-6-4-5-8-20-16/h4-6,8,13,15,21H,7,9-12H2,1-3H3,(H2,19,24). The van der Waals surface area contributed by atoms with Gasteiger partial charge in [0.1, 0.15) is 17.6 Å². The Kier molecular flexibility index (Phi) is 5.94. The van der Waals surface area contributed by atoms with Crippen LogP contribution >= 0.6 is 0 Å². The van der Waals surface area contributed by atoms with Crippen LogP contribution in [0.25, 0.3) is 0 Å². The number of nitrogens with two attached hydrogens (primary N) is 1. The minimum Gasteiger partial charge on any atom is -0.368 e. The molecule has 1 aromatic rings. The van der Waals surface area contributed by atoms with Crippen LogP contribution in [0, 0.1) is 5.41 Å². The normalized spacial score (nSPS) is 21.5. The fraction of sp³-hybridized carbons (Fsp3) is 0.611. The molecule has 2 heterocycles. The molecule has 6 nitrogen and oxygen atoms in total. The number of Topliss-reactive ketones (excluding diaryl/α,β-unsaturated/α-hetero) is 1. The van der Waals surface area contributed by atoms with Gasteiger partial charge in [-0.25, -0.2) is 4.98 Å². The number of hydrogen-bond donors (Lipinski definition) is 2. The summed E-state index contributed by atoms with van der Waals surface area (Å²) in [6.07, 6.45) is 3.70. The molecule has 132 valence electrons. The van der Waals surface area contributed by atoms with Crippen molar-refractivity contribution in [3.05, 3.63) is 24.4 Å². The Morgan fingerprint density at radius 1 is 1.38 bits per heavy atom. The third kappa shape index (κ3) is 5.30. The summed E-state index contributed by atoms with van der Waals surface area (Å²) in [6.45, 7) is 7.20. The van der Waals surface area contributed by atoms with Gasteiger partial charge in [-0.3, -0.25) is 9.59 Å². The van der Waals surface area contributed by atoms with E-state index in [0.717, 1.165) is 12.2 Å². The number of primary amides is 1. The minimum atomic E-state index is -0.399. The van der Waals surface area contributed by atoms with Crippen molar-refractivity contribution in [2.45, 2.75) is 52.1 Å². The lowest BCUT2D eigenvalue weighted by molar-refractivity contribution is -0.120. The van der Waals surface area contributed by atoms with E-state index in [4.69, 9.17) is 5.73 Å². The molecule has 2 rings (SSSR count). The second-order valence-electron chi connectivity index (χ2n) is 7.68. The Hall–Kier alpha value is -1.95. The molecule has 0 aromatic carbocycles. The lowest BCUT2D eigenvalue weighted by atomic mass is 9.89. The fourth-order valence-electron chi connectivity index (χ4n) is 3.13. The fourth-order valence-corrected chi connectivity index (χ4v) is 3.13. The highest BCUT2D eigenvalue weighted by Gasteiger charge is 2.33. The Labute approximate surface area is 143 Å². The van der Waals surface area contributed by atoms with Crippen LogP contribution in [-0.4, -0.2) is 41.8 Å². The van der Waals surface area contributed by atoms with Crippen molar-refractivity contribution in [2.75, 3.05) is 18.0 Å². The largest absolute Gasteiger partial charge is 0.368 e. The van der Waals surface area contributed by atoms with E-state index in [1.54, 1.807) is 6.20 Å². The Morgan fingerprint density at radius 3 is 2.71 bits per heavy atom. The number of anilines is 1. The molecule has 1 saturated heterocycles. The summed E-state index contributed by atoms with van der Waals surface area (Å²) >= 11 is 0. The second-order valence-corrected chi connectivity index (χ2v) is 7.68. The number of aromatic nitrogens is 1. The summed E-state index contributed by atoms with van der Waals surface area (Å²) < 4.78 is 0. The molecule has 2 atom stereocenters.